The van der Waals surface area contributed by atoms with Gasteiger partial charge in [0.15, 0.2) is 6.04 Å². The minimum atomic E-state index is -0.492. The van der Waals surface area contributed by atoms with E-state index in [-0.39, 0.29) is 12.4 Å². The lowest BCUT2D eigenvalue weighted by Gasteiger charge is -2.04. The van der Waals surface area contributed by atoms with Crippen LogP contribution in [0.3, 0.4) is 0 Å². The van der Waals surface area contributed by atoms with Gasteiger partial charge in [0.05, 0.1) is 20.6 Å². The maximum Gasteiger partial charge on any atom is 0.364 e. The fourth-order valence-corrected chi connectivity index (χ4v) is 0.679. The van der Waals surface area contributed by atoms with E-state index in [0.717, 1.165) is 0 Å². The van der Waals surface area contributed by atoms with Gasteiger partial charge in [-0.1, -0.05) is 0 Å². The van der Waals surface area contributed by atoms with Crippen molar-refractivity contribution in [2.24, 2.45) is 0 Å². The summed E-state index contributed by atoms with van der Waals surface area (Å²) in [4.78, 5) is 21.4. The van der Waals surface area contributed by atoms with Crippen molar-refractivity contribution in [1.29, 1.82) is 0 Å². The van der Waals surface area contributed by atoms with Crippen molar-refractivity contribution in [3.05, 3.63) is 0 Å². The average Bonchev–Trinajstić information content (AvgIpc) is 2.11. The van der Waals surface area contributed by atoms with Crippen molar-refractivity contribution >= 4 is 11.9 Å². The lowest BCUT2D eigenvalue weighted by atomic mass is 10.2. The lowest BCUT2D eigenvalue weighted by molar-refractivity contribution is -0.409. The van der Waals surface area contributed by atoms with E-state index in [1.165, 1.54) is 14.2 Å². The zero-order valence-electron chi connectivity index (χ0n) is 7.33. The normalized spacial score (nSPS) is 11.9. The topological polar surface area (TPSA) is 80.2 Å². The summed E-state index contributed by atoms with van der Waals surface area (Å²) >= 11 is 0. The number of ether oxygens (including phenoxy) is 2. The Hall–Kier alpha value is -1.10. The summed E-state index contributed by atoms with van der Waals surface area (Å²) in [5, 5.41) is 0. The smallest absolute Gasteiger partial charge is 0.364 e. The molecule has 3 N–H and O–H groups in total. The maximum absolute atomic E-state index is 10.8. The highest BCUT2D eigenvalue weighted by atomic mass is 16.5. The quantitative estimate of drug-likeness (QED) is 0.541. The van der Waals surface area contributed by atoms with E-state index >= 15 is 0 Å². The summed E-state index contributed by atoms with van der Waals surface area (Å²) < 4.78 is 8.82. The zero-order valence-corrected chi connectivity index (χ0v) is 7.33. The first-order chi connectivity index (χ1) is 5.61. The molecule has 70 valence electrons. The number of hydrogen-bond acceptors (Lipinski definition) is 4. The number of carbonyl (C=O) groups is 2. The van der Waals surface area contributed by atoms with Crippen molar-refractivity contribution in [2.75, 3.05) is 14.2 Å². The molecule has 0 aliphatic rings. The fraction of sp³-hybridized carbons (Fsp3) is 0.714. The minimum absolute atomic E-state index is 0.194. The van der Waals surface area contributed by atoms with Gasteiger partial charge in [-0.15, -0.1) is 0 Å². The summed E-state index contributed by atoms with van der Waals surface area (Å²) in [5.74, 6) is -0.744. The highest BCUT2D eigenvalue weighted by molar-refractivity contribution is 5.75. The van der Waals surface area contributed by atoms with Gasteiger partial charge in [0, 0.05) is 6.42 Å². The van der Waals surface area contributed by atoms with Gasteiger partial charge >= 0.3 is 11.9 Å². The first-order valence-corrected chi connectivity index (χ1v) is 3.59. The van der Waals surface area contributed by atoms with Gasteiger partial charge in [-0.3, -0.25) is 4.79 Å². The van der Waals surface area contributed by atoms with Crippen molar-refractivity contribution in [1.82, 2.24) is 0 Å². The molecule has 0 spiro atoms. The molecule has 0 unspecified atom stereocenters. The third kappa shape index (κ3) is 3.92. The number of esters is 2. The van der Waals surface area contributed by atoms with E-state index < -0.39 is 12.0 Å². The first-order valence-electron chi connectivity index (χ1n) is 3.59. The Morgan fingerprint density at radius 3 is 2.33 bits per heavy atom. The van der Waals surface area contributed by atoms with Crippen molar-refractivity contribution in [3.63, 3.8) is 0 Å². The largest absolute Gasteiger partial charge is 0.469 e. The highest BCUT2D eigenvalue weighted by Gasteiger charge is 2.18. The molecule has 0 aromatic carbocycles. The summed E-state index contributed by atoms with van der Waals surface area (Å²) in [6.45, 7) is 0. The Morgan fingerprint density at radius 1 is 1.33 bits per heavy atom. The molecule has 0 saturated heterocycles. The molecule has 5 heteroatoms. The van der Waals surface area contributed by atoms with Crippen LogP contribution in [0, 0.1) is 0 Å². The van der Waals surface area contributed by atoms with Gasteiger partial charge in [0.2, 0.25) is 0 Å². The van der Waals surface area contributed by atoms with Gasteiger partial charge in [-0.2, -0.15) is 0 Å². The molecule has 5 nitrogen and oxygen atoms in total. The van der Waals surface area contributed by atoms with Gasteiger partial charge in [-0.25, -0.2) is 4.79 Å². The molecule has 0 bridgehead atoms. The summed E-state index contributed by atoms with van der Waals surface area (Å²) in [7, 11) is 2.59. The third-order valence-corrected chi connectivity index (χ3v) is 1.46. The molecule has 0 radical (unpaired) electrons. The monoisotopic (exact) mass is 176 g/mol. The number of carbonyl (C=O) groups excluding carboxylic acids is 2. The van der Waals surface area contributed by atoms with Crippen LogP contribution in [0.25, 0.3) is 0 Å². The van der Waals surface area contributed by atoms with E-state index in [1.807, 2.05) is 0 Å². The summed E-state index contributed by atoms with van der Waals surface area (Å²) in [6.07, 6.45) is 0.555. The molecular formula is C7H14NO4+. The van der Waals surface area contributed by atoms with Gasteiger partial charge in [0.1, 0.15) is 0 Å². The number of hydrogen-bond donors (Lipinski definition) is 1. The van der Waals surface area contributed by atoms with Crippen LogP contribution in [0.5, 0.6) is 0 Å². The van der Waals surface area contributed by atoms with E-state index in [2.05, 4.69) is 15.2 Å². The highest BCUT2D eigenvalue weighted by Crippen LogP contribution is 1.96. The zero-order chi connectivity index (χ0) is 9.56. The minimum Gasteiger partial charge on any atom is -0.469 e. The maximum atomic E-state index is 10.8. The number of quaternary nitrogens is 1. The summed E-state index contributed by atoms with van der Waals surface area (Å²) in [5.41, 5.74) is 3.53. The van der Waals surface area contributed by atoms with E-state index in [9.17, 15) is 9.59 Å². The van der Waals surface area contributed by atoms with Crippen molar-refractivity contribution in [2.45, 2.75) is 18.9 Å². The molecule has 0 aliphatic heterocycles. The van der Waals surface area contributed by atoms with Crippen LogP contribution in [-0.4, -0.2) is 32.2 Å². The van der Waals surface area contributed by atoms with Crippen molar-refractivity contribution in [3.8, 4) is 0 Å². The molecule has 0 aromatic rings. The molecule has 0 fully saturated rings. The SMILES string of the molecule is COC(=O)CC[C@@H]([NH3+])C(=O)OC. The molecule has 0 aromatic heterocycles. The molecule has 0 saturated carbocycles. The third-order valence-electron chi connectivity index (χ3n) is 1.46. The fourth-order valence-electron chi connectivity index (χ4n) is 0.679. The Kier molecular flexibility index (Phi) is 5.03. The van der Waals surface area contributed by atoms with E-state index in [1.54, 1.807) is 0 Å². The standard InChI is InChI=1S/C7H13NO4/c1-11-6(9)4-3-5(8)7(10)12-2/h5H,3-4,8H2,1-2H3/p+1/t5-/m1/s1. The van der Waals surface area contributed by atoms with Gasteiger partial charge in [0.25, 0.3) is 0 Å². The molecular weight excluding hydrogens is 162 g/mol. The molecule has 0 amide bonds. The van der Waals surface area contributed by atoms with Crippen LogP contribution in [0.1, 0.15) is 12.8 Å². The molecule has 12 heavy (non-hydrogen) atoms. The Labute approximate surface area is 70.8 Å². The van der Waals surface area contributed by atoms with Crippen LogP contribution in [0.2, 0.25) is 0 Å². The van der Waals surface area contributed by atoms with Crippen LogP contribution < -0.4 is 5.73 Å². The second-order valence-electron chi connectivity index (χ2n) is 2.33. The second kappa shape index (κ2) is 5.54. The van der Waals surface area contributed by atoms with Crippen LogP contribution in [0.4, 0.5) is 0 Å². The summed E-state index contributed by atoms with van der Waals surface area (Å²) in [6, 6.07) is -0.492. The predicted octanol–water partition coefficient (Wildman–Crippen LogP) is -1.28. The van der Waals surface area contributed by atoms with Crippen molar-refractivity contribution < 1.29 is 24.8 Å². The van der Waals surface area contributed by atoms with E-state index in [4.69, 9.17) is 0 Å². The van der Waals surface area contributed by atoms with Crippen LogP contribution in [-0.2, 0) is 19.1 Å². The molecule has 0 heterocycles. The molecule has 1 atom stereocenters. The number of methoxy groups -OCH3 is 2. The first kappa shape index (κ1) is 10.9. The van der Waals surface area contributed by atoms with Gasteiger partial charge in [-0.05, 0) is 0 Å². The average molecular weight is 176 g/mol. The van der Waals surface area contributed by atoms with Crippen LogP contribution in [0.15, 0.2) is 0 Å². The lowest BCUT2D eigenvalue weighted by Crippen LogP contribution is -2.65. The Balaban J connectivity index is 3.63. The molecule has 0 aliphatic carbocycles. The van der Waals surface area contributed by atoms with E-state index in [0.29, 0.717) is 6.42 Å². The Bertz CT molecular complexity index is 169. The molecule has 0 rings (SSSR count). The second-order valence-corrected chi connectivity index (χ2v) is 2.33. The number of rotatable bonds is 4. The predicted molar refractivity (Wildman–Crippen MR) is 39.9 cm³/mol. The van der Waals surface area contributed by atoms with Crippen LogP contribution >= 0.6 is 0 Å². The Morgan fingerprint density at radius 2 is 1.92 bits per heavy atom. The van der Waals surface area contributed by atoms with Gasteiger partial charge < -0.3 is 15.2 Å².